The second-order valence-electron chi connectivity index (χ2n) is 4.50. The summed E-state index contributed by atoms with van der Waals surface area (Å²) in [6.45, 7) is 0.375. The van der Waals surface area contributed by atoms with Gasteiger partial charge in [0.25, 0.3) is 0 Å². The molecule has 0 atom stereocenters. The molecule has 22 heavy (non-hydrogen) atoms. The fourth-order valence-corrected chi connectivity index (χ4v) is 1.82. The summed E-state index contributed by atoms with van der Waals surface area (Å²) in [6.07, 6.45) is 2.94. The number of ether oxygens (including phenoxy) is 2. The molecule has 4 heteroatoms. The first-order valence-corrected chi connectivity index (χ1v) is 6.70. The maximum atomic E-state index is 11.1. The SMILES string of the molecule is COC(=O)C=Cc1ccc(C#N)c(OCc2ccccc2)c1. The standard InChI is InChI=1S/C18H15NO3/c1-21-18(20)10-8-14-7-9-16(12-19)17(11-14)22-13-15-5-3-2-4-6-15/h2-11H,13H2,1H3. The summed E-state index contributed by atoms with van der Waals surface area (Å²) < 4.78 is 10.3. The molecule has 0 saturated carbocycles. The zero-order valence-electron chi connectivity index (χ0n) is 12.2. The first-order valence-electron chi connectivity index (χ1n) is 6.70. The molecule has 0 aromatic heterocycles. The van der Waals surface area contributed by atoms with Crippen molar-refractivity contribution in [2.75, 3.05) is 7.11 Å². The topological polar surface area (TPSA) is 59.3 Å². The number of hydrogen-bond acceptors (Lipinski definition) is 4. The lowest BCUT2D eigenvalue weighted by Gasteiger charge is -2.09. The van der Waals surface area contributed by atoms with Crippen LogP contribution in [0.25, 0.3) is 6.08 Å². The molecule has 0 spiro atoms. The zero-order valence-corrected chi connectivity index (χ0v) is 12.2. The number of rotatable bonds is 5. The molecule has 0 saturated heterocycles. The number of nitriles is 1. The molecule has 0 amide bonds. The van der Waals surface area contributed by atoms with Crippen LogP contribution < -0.4 is 4.74 Å². The highest BCUT2D eigenvalue weighted by Crippen LogP contribution is 2.22. The number of benzene rings is 2. The Morgan fingerprint density at radius 3 is 2.68 bits per heavy atom. The average molecular weight is 293 g/mol. The van der Waals surface area contributed by atoms with Crippen molar-refractivity contribution < 1.29 is 14.3 Å². The van der Waals surface area contributed by atoms with Crippen LogP contribution in [0.15, 0.2) is 54.6 Å². The van der Waals surface area contributed by atoms with Crippen molar-refractivity contribution in [3.8, 4) is 11.8 Å². The van der Waals surface area contributed by atoms with E-state index in [1.807, 2.05) is 30.3 Å². The van der Waals surface area contributed by atoms with Gasteiger partial charge in [-0.15, -0.1) is 0 Å². The van der Waals surface area contributed by atoms with Crippen LogP contribution in [0.5, 0.6) is 5.75 Å². The largest absolute Gasteiger partial charge is 0.488 e. The summed E-state index contributed by atoms with van der Waals surface area (Å²) in [4.78, 5) is 11.1. The normalized spacial score (nSPS) is 10.2. The number of methoxy groups -OCH3 is 1. The van der Waals surface area contributed by atoms with E-state index >= 15 is 0 Å². The van der Waals surface area contributed by atoms with Gasteiger partial charge in [0.2, 0.25) is 0 Å². The van der Waals surface area contributed by atoms with E-state index in [0.717, 1.165) is 11.1 Å². The van der Waals surface area contributed by atoms with Crippen LogP contribution in [0.1, 0.15) is 16.7 Å². The van der Waals surface area contributed by atoms with E-state index in [0.29, 0.717) is 17.9 Å². The molecule has 2 aromatic carbocycles. The Labute approximate surface area is 129 Å². The summed E-state index contributed by atoms with van der Waals surface area (Å²) in [5, 5.41) is 9.14. The lowest BCUT2D eigenvalue weighted by Crippen LogP contribution is -1.98. The van der Waals surface area contributed by atoms with Crippen molar-refractivity contribution in [1.29, 1.82) is 5.26 Å². The predicted octanol–water partition coefficient (Wildman–Crippen LogP) is 3.32. The highest BCUT2D eigenvalue weighted by atomic mass is 16.5. The molecular weight excluding hydrogens is 278 g/mol. The number of hydrogen-bond donors (Lipinski definition) is 0. The predicted molar refractivity (Wildman–Crippen MR) is 83.0 cm³/mol. The Morgan fingerprint density at radius 2 is 2.00 bits per heavy atom. The summed E-state index contributed by atoms with van der Waals surface area (Å²) in [6, 6.07) is 16.9. The molecule has 0 fully saturated rings. The first-order chi connectivity index (χ1) is 10.7. The fourth-order valence-electron chi connectivity index (χ4n) is 1.82. The highest BCUT2D eigenvalue weighted by Gasteiger charge is 2.05. The second-order valence-corrected chi connectivity index (χ2v) is 4.50. The Kier molecular flexibility index (Phi) is 5.33. The first kappa shape index (κ1) is 15.3. The lowest BCUT2D eigenvalue weighted by molar-refractivity contribution is -0.134. The Morgan fingerprint density at radius 1 is 1.23 bits per heavy atom. The van der Waals surface area contributed by atoms with Crippen molar-refractivity contribution >= 4 is 12.0 Å². The fraction of sp³-hybridized carbons (Fsp3) is 0.111. The molecule has 0 aliphatic rings. The van der Waals surface area contributed by atoms with Gasteiger partial charge in [-0.1, -0.05) is 36.4 Å². The third-order valence-corrected chi connectivity index (χ3v) is 2.98. The molecule has 0 heterocycles. The highest BCUT2D eigenvalue weighted by molar-refractivity contribution is 5.87. The van der Waals surface area contributed by atoms with Crippen molar-refractivity contribution in [2.24, 2.45) is 0 Å². The minimum Gasteiger partial charge on any atom is -0.488 e. The van der Waals surface area contributed by atoms with Crippen LogP contribution >= 0.6 is 0 Å². The van der Waals surface area contributed by atoms with E-state index < -0.39 is 5.97 Å². The third kappa shape index (κ3) is 4.22. The average Bonchev–Trinajstić information content (AvgIpc) is 2.58. The number of esters is 1. The maximum Gasteiger partial charge on any atom is 0.330 e. The summed E-state index contributed by atoms with van der Waals surface area (Å²) in [5.74, 6) is 0.0504. The molecular formula is C18H15NO3. The van der Waals surface area contributed by atoms with Gasteiger partial charge in [-0.3, -0.25) is 0 Å². The van der Waals surface area contributed by atoms with Crippen molar-refractivity contribution in [3.63, 3.8) is 0 Å². The number of nitrogens with zero attached hydrogens (tertiary/aromatic N) is 1. The van der Waals surface area contributed by atoms with Gasteiger partial charge in [-0.2, -0.15) is 5.26 Å². The van der Waals surface area contributed by atoms with Crippen molar-refractivity contribution in [1.82, 2.24) is 0 Å². The summed E-state index contributed by atoms with van der Waals surface area (Å²) in [5.41, 5.74) is 2.22. The van der Waals surface area contributed by atoms with Gasteiger partial charge < -0.3 is 9.47 Å². The molecule has 0 N–H and O–H groups in total. The molecule has 2 rings (SSSR count). The number of carbonyl (C=O) groups is 1. The van der Waals surface area contributed by atoms with Crippen LogP contribution in [0, 0.1) is 11.3 Å². The van der Waals surface area contributed by atoms with Crippen LogP contribution in [-0.4, -0.2) is 13.1 Å². The van der Waals surface area contributed by atoms with Gasteiger partial charge in [0.15, 0.2) is 0 Å². The summed E-state index contributed by atoms with van der Waals surface area (Å²) >= 11 is 0. The third-order valence-electron chi connectivity index (χ3n) is 2.98. The minimum absolute atomic E-state index is 0.375. The van der Waals surface area contributed by atoms with Gasteiger partial charge in [0.05, 0.1) is 12.7 Å². The van der Waals surface area contributed by atoms with E-state index in [9.17, 15) is 4.79 Å². The van der Waals surface area contributed by atoms with Crippen LogP contribution in [0.4, 0.5) is 0 Å². The van der Waals surface area contributed by atoms with Gasteiger partial charge in [-0.25, -0.2) is 4.79 Å². The Bertz CT molecular complexity index is 715. The van der Waals surface area contributed by atoms with Crippen LogP contribution in [-0.2, 0) is 16.1 Å². The van der Waals surface area contributed by atoms with E-state index in [1.54, 1.807) is 24.3 Å². The zero-order chi connectivity index (χ0) is 15.8. The molecule has 0 aliphatic carbocycles. The van der Waals surface area contributed by atoms with E-state index in [2.05, 4.69) is 10.8 Å². The van der Waals surface area contributed by atoms with E-state index in [1.165, 1.54) is 13.2 Å². The smallest absolute Gasteiger partial charge is 0.330 e. The Hall–Kier alpha value is -3.06. The van der Waals surface area contributed by atoms with Gasteiger partial charge in [0.1, 0.15) is 18.4 Å². The van der Waals surface area contributed by atoms with Crippen molar-refractivity contribution in [3.05, 3.63) is 71.3 Å². The summed E-state index contributed by atoms with van der Waals surface area (Å²) in [7, 11) is 1.32. The van der Waals surface area contributed by atoms with E-state index in [4.69, 9.17) is 10.00 Å². The molecule has 0 radical (unpaired) electrons. The number of carbonyl (C=O) groups excluding carboxylic acids is 1. The molecule has 0 bridgehead atoms. The molecule has 2 aromatic rings. The van der Waals surface area contributed by atoms with Gasteiger partial charge in [-0.05, 0) is 29.3 Å². The van der Waals surface area contributed by atoms with Crippen molar-refractivity contribution in [2.45, 2.75) is 6.61 Å². The lowest BCUT2D eigenvalue weighted by atomic mass is 10.1. The molecule has 110 valence electrons. The second kappa shape index (κ2) is 7.65. The van der Waals surface area contributed by atoms with E-state index in [-0.39, 0.29) is 0 Å². The molecule has 0 aliphatic heterocycles. The Balaban J connectivity index is 2.16. The van der Waals surface area contributed by atoms with Gasteiger partial charge >= 0.3 is 5.97 Å². The maximum absolute atomic E-state index is 11.1. The minimum atomic E-state index is -0.434. The monoisotopic (exact) mass is 293 g/mol. The van der Waals surface area contributed by atoms with Crippen LogP contribution in [0.2, 0.25) is 0 Å². The quantitative estimate of drug-likeness (QED) is 0.626. The van der Waals surface area contributed by atoms with Gasteiger partial charge in [0, 0.05) is 6.08 Å². The van der Waals surface area contributed by atoms with Crippen LogP contribution in [0.3, 0.4) is 0 Å². The molecule has 0 unspecified atom stereocenters. The molecule has 4 nitrogen and oxygen atoms in total.